The molecule has 1 amide bonds. The largest absolute Gasteiger partial charge is 0.491 e. The number of carbonyl (C=O) groups excluding carboxylic acids is 1. The molecule has 1 aromatic rings. The van der Waals surface area contributed by atoms with E-state index in [0.29, 0.717) is 13.1 Å². The number of likely N-dealkylation sites (N-methyl/N-ethyl adjacent to an activating group) is 1. The van der Waals surface area contributed by atoms with Crippen LogP contribution in [0.1, 0.15) is 27.7 Å². The van der Waals surface area contributed by atoms with Gasteiger partial charge in [-0.15, -0.1) is 0 Å². The lowest BCUT2D eigenvalue weighted by Gasteiger charge is -2.26. The Morgan fingerprint density at radius 3 is 2.46 bits per heavy atom. The van der Waals surface area contributed by atoms with Crippen molar-refractivity contribution in [2.75, 3.05) is 26.7 Å². The summed E-state index contributed by atoms with van der Waals surface area (Å²) >= 11 is 0. The Kier molecular flexibility index (Phi) is 8.01. The van der Waals surface area contributed by atoms with Gasteiger partial charge >= 0.3 is 6.09 Å². The van der Waals surface area contributed by atoms with Crippen LogP contribution >= 0.6 is 0 Å². The number of aliphatic hydroxyl groups is 1. The smallest absolute Gasteiger partial charge is 0.407 e. The number of hydrogen-bond donors (Lipinski definition) is 2. The molecule has 0 spiro atoms. The van der Waals surface area contributed by atoms with Gasteiger partial charge in [0.1, 0.15) is 24.1 Å². The molecule has 1 aromatic carbocycles. The van der Waals surface area contributed by atoms with Gasteiger partial charge in [0.05, 0.1) is 0 Å². The molecule has 0 aliphatic carbocycles. The minimum atomic E-state index is -0.607. The number of aliphatic hydroxyl groups excluding tert-OH is 1. The molecule has 6 heteroatoms. The number of benzene rings is 1. The van der Waals surface area contributed by atoms with E-state index in [-0.39, 0.29) is 12.6 Å². The highest BCUT2D eigenvalue weighted by Gasteiger charge is 2.19. The highest BCUT2D eigenvalue weighted by molar-refractivity contribution is 5.68. The van der Waals surface area contributed by atoms with Gasteiger partial charge in [0, 0.05) is 19.1 Å². The van der Waals surface area contributed by atoms with Gasteiger partial charge in [-0.1, -0.05) is 18.2 Å². The molecule has 0 aromatic heterocycles. The van der Waals surface area contributed by atoms with Crippen molar-refractivity contribution in [2.45, 2.75) is 45.4 Å². The van der Waals surface area contributed by atoms with Crippen LogP contribution in [0.25, 0.3) is 0 Å². The van der Waals surface area contributed by atoms with Crippen LogP contribution < -0.4 is 10.1 Å². The molecular weight excluding hydrogens is 308 g/mol. The molecular formula is C18H30N2O4. The van der Waals surface area contributed by atoms with E-state index in [1.165, 1.54) is 0 Å². The van der Waals surface area contributed by atoms with Gasteiger partial charge in [-0.2, -0.15) is 0 Å². The fourth-order valence-corrected chi connectivity index (χ4v) is 2.22. The molecule has 24 heavy (non-hydrogen) atoms. The molecule has 0 saturated heterocycles. The molecule has 0 radical (unpaired) electrons. The van der Waals surface area contributed by atoms with Crippen molar-refractivity contribution in [3.8, 4) is 5.75 Å². The summed E-state index contributed by atoms with van der Waals surface area (Å²) in [6, 6.07) is 9.30. The van der Waals surface area contributed by atoms with E-state index in [4.69, 9.17) is 9.47 Å². The summed E-state index contributed by atoms with van der Waals surface area (Å²) in [5.41, 5.74) is -0.513. The first kappa shape index (κ1) is 20.3. The van der Waals surface area contributed by atoms with Crippen molar-refractivity contribution >= 4 is 6.09 Å². The van der Waals surface area contributed by atoms with Crippen molar-refractivity contribution in [2.24, 2.45) is 0 Å². The summed E-state index contributed by atoms with van der Waals surface area (Å²) in [5.74, 6) is 0.735. The quantitative estimate of drug-likeness (QED) is 0.761. The third kappa shape index (κ3) is 9.37. The molecule has 1 rings (SSSR count). The second kappa shape index (κ2) is 9.49. The zero-order chi connectivity index (χ0) is 18.2. The van der Waals surface area contributed by atoms with Crippen molar-refractivity contribution < 1.29 is 19.4 Å². The van der Waals surface area contributed by atoms with Gasteiger partial charge in [-0.3, -0.25) is 0 Å². The van der Waals surface area contributed by atoms with Crippen molar-refractivity contribution in [3.05, 3.63) is 30.3 Å². The van der Waals surface area contributed by atoms with Crippen molar-refractivity contribution in [3.63, 3.8) is 0 Å². The average molecular weight is 338 g/mol. The lowest BCUT2D eigenvalue weighted by Crippen LogP contribution is -2.45. The minimum Gasteiger partial charge on any atom is -0.491 e. The highest BCUT2D eigenvalue weighted by Crippen LogP contribution is 2.09. The molecule has 6 nitrogen and oxygen atoms in total. The lowest BCUT2D eigenvalue weighted by atomic mass is 10.2. The molecule has 136 valence electrons. The van der Waals surface area contributed by atoms with E-state index >= 15 is 0 Å². The number of amides is 1. The molecule has 0 aliphatic rings. The first-order valence-corrected chi connectivity index (χ1v) is 8.19. The van der Waals surface area contributed by atoms with Crippen LogP contribution in [-0.4, -0.2) is 60.6 Å². The standard InChI is InChI=1S/C18H30N2O4/c1-14(19-17(22)24-18(2,3)4)11-20(5)12-15(21)13-23-16-9-7-6-8-10-16/h6-10,14-15,21H,11-13H2,1-5H3,(H,19,22)/t14-,15?/m1/s1. The predicted molar refractivity (Wildman–Crippen MR) is 94.3 cm³/mol. The highest BCUT2D eigenvalue weighted by atomic mass is 16.6. The van der Waals surface area contributed by atoms with Gasteiger partial charge in [0.15, 0.2) is 0 Å². The molecule has 0 aliphatic heterocycles. The van der Waals surface area contributed by atoms with Crippen molar-refractivity contribution in [1.29, 1.82) is 0 Å². The van der Waals surface area contributed by atoms with Crippen LogP contribution in [0.5, 0.6) is 5.75 Å². The van der Waals surface area contributed by atoms with Gasteiger partial charge in [-0.05, 0) is 46.9 Å². The fourth-order valence-electron chi connectivity index (χ4n) is 2.22. The number of alkyl carbamates (subject to hydrolysis) is 1. The SMILES string of the molecule is C[C@H](CN(C)CC(O)COc1ccccc1)NC(=O)OC(C)(C)C. The third-order valence-electron chi connectivity index (χ3n) is 3.06. The number of rotatable bonds is 8. The maximum absolute atomic E-state index is 11.7. The monoisotopic (exact) mass is 338 g/mol. The third-order valence-corrected chi connectivity index (χ3v) is 3.06. The van der Waals surface area contributed by atoms with Crippen LogP contribution in [0.15, 0.2) is 30.3 Å². The number of nitrogens with zero attached hydrogens (tertiary/aromatic N) is 1. The van der Waals surface area contributed by atoms with Gasteiger partial charge < -0.3 is 24.8 Å². The zero-order valence-electron chi connectivity index (χ0n) is 15.3. The van der Waals surface area contributed by atoms with Gasteiger partial charge in [-0.25, -0.2) is 4.79 Å². The van der Waals surface area contributed by atoms with Crippen molar-refractivity contribution in [1.82, 2.24) is 10.2 Å². The predicted octanol–water partition coefficient (Wildman–Crippen LogP) is 2.27. The summed E-state index contributed by atoms with van der Waals surface area (Å²) in [5, 5.41) is 12.8. The first-order valence-electron chi connectivity index (χ1n) is 8.19. The Bertz CT molecular complexity index is 488. The molecule has 0 bridgehead atoms. The van der Waals surface area contributed by atoms with Crippen LogP contribution in [0.4, 0.5) is 4.79 Å². The maximum atomic E-state index is 11.7. The Labute approximate surface area is 144 Å². The number of carbonyl (C=O) groups is 1. The Balaban J connectivity index is 2.26. The Hall–Kier alpha value is -1.79. The average Bonchev–Trinajstić information content (AvgIpc) is 2.43. The second-order valence-corrected chi connectivity index (χ2v) is 7.05. The number of ether oxygens (including phenoxy) is 2. The maximum Gasteiger partial charge on any atom is 0.407 e. The van der Waals surface area contributed by atoms with E-state index < -0.39 is 17.8 Å². The minimum absolute atomic E-state index is 0.0907. The lowest BCUT2D eigenvalue weighted by molar-refractivity contribution is 0.0482. The topological polar surface area (TPSA) is 71.0 Å². The second-order valence-electron chi connectivity index (χ2n) is 7.05. The number of hydrogen-bond acceptors (Lipinski definition) is 5. The van der Waals surface area contributed by atoms with Crippen LogP contribution in [0.2, 0.25) is 0 Å². The van der Waals surface area contributed by atoms with Crippen LogP contribution in [0.3, 0.4) is 0 Å². The normalized spacial score (nSPS) is 14.1. The van der Waals surface area contributed by atoms with E-state index in [1.807, 2.05) is 70.0 Å². The molecule has 2 atom stereocenters. The zero-order valence-corrected chi connectivity index (χ0v) is 15.3. The molecule has 0 heterocycles. The Morgan fingerprint density at radius 1 is 1.25 bits per heavy atom. The summed E-state index contributed by atoms with van der Waals surface area (Å²) in [6.07, 6.45) is -1.04. The molecule has 0 fully saturated rings. The Morgan fingerprint density at radius 2 is 1.88 bits per heavy atom. The van der Waals surface area contributed by atoms with E-state index in [9.17, 15) is 9.90 Å². The van der Waals surface area contributed by atoms with E-state index in [2.05, 4.69) is 5.32 Å². The van der Waals surface area contributed by atoms with Gasteiger partial charge in [0.2, 0.25) is 0 Å². The van der Waals surface area contributed by atoms with E-state index in [1.54, 1.807) is 0 Å². The number of nitrogens with one attached hydrogen (secondary N) is 1. The molecule has 2 N–H and O–H groups in total. The van der Waals surface area contributed by atoms with E-state index in [0.717, 1.165) is 5.75 Å². The summed E-state index contributed by atoms with van der Waals surface area (Å²) in [7, 11) is 1.89. The first-order chi connectivity index (χ1) is 11.2. The fraction of sp³-hybridized carbons (Fsp3) is 0.611. The molecule has 0 saturated carbocycles. The number of para-hydroxylation sites is 1. The van der Waals surface area contributed by atoms with Crippen LogP contribution in [0, 0.1) is 0 Å². The summed E-state index contributed by atoms with van der Waals surface area (Å²) in [6.45, 7) is 8.65. The summed E-state index contributed by atoms with van der Waals surface area (Å²) < 4.78 is 10.7. The van der Waals surface area contributed by atoms with Crippen LogP contribution in [-0.2, 0) is 4.74 Å². The summed E-state index contributed by atoms with van der Waals surface area (Å²) in [4.78, 5) is 13.7. The van der Waals surface area contributed by atoms with Gasteiger partial charge in [0.25, 0.3) is 0 Å². The molecule has 1 unspecified atom stereocenters.